The van der Waals surface area contributed by atoms with Gasteiger partial charge in [-0.25, -0.2) is 5.43 Å². The van der Waals surface area contributed by atoms with E-state index in [-0.39, 0.29) is 17.3 Å². The molecule has 0 saturated carbocycles. The van der Waals surface area contributed by atoms with Crippen molar-refractivity contribution in [2.75, 3.05) is 7.11 Å². The molecule has 156 valence electrons. The van der Waals surface area contributed by atoms with Crippen molar-refractivity contribution in [1.82, 2.24) is 30.4 Å². The third kappa shape index (κ3) is 3.90. The van der Waals surface area contributed by atoms with Gasteiger partial charge in [-0.15, -0.1) is 10.2 Å². The SMILES string of the molecule is COc1ccc2ccccc2c1/C=N\NC(=O)c1cc(C)nn1-c1nnc(C)c(=O)[nH]1. The minimum absolute atomic E-state index is 0.0357. The lowest BCUT2D eigenvalue weighted by Crippen LogP contribution is -2.24. The normalized spacial score (nSPS) is 11.2. The van der Waals surface area contributed by atoms with Gasteiger partial charge in [0.2, 0.25) is 0 Å². The molecule has 2 N–H and O–H groups in total. The average Bonchev–Trinajstić information content (AvgIpc) is 3.17. The first-order valence-electron chi connectivity index (χ1n) is 9.37. The van der Waals surface area contributed by atoms with E-state index < -0.39 is 11.5 Å². The Labute approximate surface area is 176 Å². The highest BCUT2D eigenvalue weighted by Gasteiger charge is 2.17. The number of fused-ring (bicyclic) bond motifs is 1. The number of rotatable bonds is 5. The number of carbonyl (C=O) groups excluding carboxylic acids is 1. The third-order valence-electron chi connectivity index (χ3n) is 4.62. The largest absolute Gasteiger partial charge is 0.496 e. The molecule has 0 bridgehead atoms. The number of ether oxygens (including phenoxy) is 1. The second-order valence-electron chi connectivity index (χ2n) is 6.75. The van der Waals surface area contributed by atoms with Crippen LogP contribution < -0.4 is 15.7 Å². The van der Waals surface area contributed by atoms with Crippen LogP contribution in [-0.2, 0) is 0 Å². The predicted molar refractivity (Wildman–Crippen MR) is 115 cm³/mol. The van der Waals surface area contributed by atoms with Crippen LogP contribution in [0.2, 0.25) is 0 Å². The highest BCUT2D eigenvalue weighted by Crippen LogP contribution is 2.26. The summed E-state index contributed by atoms with van der Waals surface area (Å²) in [5.41, 5.74) is 3.74. The van der Waals surface area contributed by atoms with Crippen LogP contribution in [0.15, 0.2) is 52.4 Å². The molecule has 0 atom stereocenters. The van der Waals surface area contributed by atoms with Crippen molar-refractivity contribution in [3.05, 3.63) is 75.5 Å². The van der Waals surface area contributed by atoms with E-state index >= 15 is 0 Å². The van der Waals surface area contributed by atoms with Gasteiger partial charge in [0.15, 0.2) is 0 Å². The molecule has 10 nitrogen and oxygen atoms in total. The summed E-state index contributed by atoms with van der Waals surface area (Å²) in [4.78, 5) is 27.2. The summed E-state index contributed by atoms with van der Waals surface area (Å²) in [5, 5.41) is 18.0. The Hall–Kier alpha value is -4.34. The number of methoxy groups -OCH3 is 1. The molecular formula is C21H19N7O3. The Morgan fingerprint density at radius 3 is 2.77 bits per heavy atom. The molecule has 4 aromatic rings. The number of aromatic amines is 1. The molecular weight excluding hydrogens is 398 g/mol. The molecule has 2 aromatic carbocycles. The number of carbonyl (C=O) groups is 1. The fourth-order valence-electron chi connectivity index (χ4n) is 3.10. The van der Waals surface area contributed by atoms with Gasteiger partial charge in [0.25, 0.3) is 17.4 Å². The molecule has 0 aliphatic carbocycles. The summed E-state index contributed by atoms with van der Waals surface area (Å²) < 4.78 is 6.64. The monoisotopic (exact) mass is 417 g/mol. The molecule has 0 saturated heterocycles. The van der Waals surface area contributed by atoms with E-state index in [4.69, 9.17) is 4.74 Å². The molecule has 4 rings (SSSR count). The minimum atomic E-state index is -0.528. The van der Waals surface area contributed by atoms with Gasteiger partial charge in [-0.05, 0) is 36.8 Å². The molecule has 2 aromatic heterocycles. The van der Waals surface area contributed by atoms with Crippen molar-refractivity contribution in [1.29, 1.82) is 0 Å². The highest BCUT2D eigenvalue weighted by atomic mass is 16.5. The number of hydrogen-bond acceptors (Lipinski definition) is 7. The third-order valence-corrected chi connectivity index (χ3v) is 4.62. The van der Waals surface area contributed by atoms with Gasteiger partial charge < -0.3 is 4.74 Å². The van der Waals surface area contributed by atoms with Crippen LogP contribution >= 0.6 is 0 Å². The van der Waals surface area contributed by atoms with Crippen molar-refractivity contribution in [3.63, 3.8) is 0 Å². The topological polar surface area (TPSA) is 127 Å². The van der Waals surface area contributed by atoms with Gasteiger partial charge in [-0.1, -0.05) is 30.3 Å². The van der Waals surface area contributed by atoms with Crippen LogP contribution in [0.5, 0.6) is 5.75 Å². The van der Waals surface area contributed by atoms with E-state index in [1.165, 1.54) is 17.8 Å². The second kappa shape index (κ2) is 8.19. The molecule has 0 aliphatic rings. The summed E-state index contributed by atoms with van der Waals surface area (Å²) in [5.74, 6) is 0.137. The first-order valence-corrected chi connectivity index (χ1v) is 9.37. The van der Waals surface area contributed by atoms with Crippen LogP contribution in [0, 0.1) is 13.8 Å². The van der Waals surface area contributed by atoms with E-state index in [0.717, 1.165) is 16.3 Å². The number of hydrazone groups is 1. The zero-order valence-corrected chi connectivity index (χ0v) is 17.1. The number of nitrogens with one attached hydrogen (secondary N) is 2. The number of benzene rings is 2. The molecule has 10 heteroatoms. The van der Waals surface area contributed by atoms with Crippen LogP contribution in [0.3, 0.4) is 0 Å². The van der Waals surface area contributed by atoms with Gasteiger partial charge in [-0.3, -0.25) is 14.6 Å². The van der Waals surface area contributed by atoms with E-state index in [1.54, 1.807) is 20.1 Å². The molecule has 0 aliphatic heterocycles. The maximum absolute atomic E-state index is 12.8. The Bertz CT molecular complexity index is 1370. The van der Waals surface area contributed by atoms with Gasteiger partial charge in [-0.2, -0.15) is 14.9 Å². The van der Waals surface area contributed by atoms with E-state index in [9.17, 15) is 9.59 Å². The van der Waals surface area contributed by atoms with Crippen LogP contribution in [-0.4, -0.2) is 44.2 Å². The lowest BCUT2D eigenvalue weighted by atomic mass is 10.0. The average molecular weight is 417 g/mol. The lowest BCUT2D eigenvalue weighted by molar-refractivity contribution is 0.0947. The molecule has 0 radical (unpaired) electrons. The molecule has 2 heterocycles. The van der Waals surface area contributed by atoms with Gasteiger partial charge in [0.1, 0.15) is 17.1 Å². The van der Waals surface area contributed by atoms with Crippen molar-refractivity contribution < 1.29 is 9.53 Å². The lowest BCUT2D eigenvalue weighted by Gasteiger charge is -2.08. The first kappa shape index (κ1) is 20.0. The fourth-order valence-corrected chi connectivity index (χ4v) is 3.10. The zero-order chi connectivity index (χ0) is 22.0. The Morgan fingerprint density at radius 1 is 1.19 bits per heavy atom. The number of H-pyrrole nitrogens is 1. The van der Waals surface area contributed by atoms with Crippen LogP contribution in [0.1, 0.15) is 27.4 Å². The van der Waals surface area contributed by atoms with E-state index in [1.807, 2.05) is 36.4 Å². The smallest absolute Gasteiger partial charge is 0.290 e. The number of nitrogens with zero attached hydrogens (tertiary/aromatic N) is 5. The van der Waals surface area contributed by atoms with Gasteiger partial charge >= 0.3 is 0 Å². The Kier molecular flexibility index (Phi) is 5.27. The van der Waals surface area contributed by atoms with Crippen molar-refractivity contribution in [2.45, 2.75) is 13.8 Å². The van der Waals surface area contributed by atoms with Crippen molar-refractivity contribution >= 4 is 22.9 Å². The fraction of sp³-hybridized carbons (Fsp3) is 0.143. The Balaban J connectivity index is 1.64. The first-order chi connectivity index (χ1) is 15.0. The van der Waals surface area contributed by atoms with Gasteiger partial charge in [0.05, 0.1) is 19.0 Å². The second-order valence-corrected chi connectivity index (χ2v) is 6.75. The number of aromatic nitrogens is 5. The number of amides is 1. The summed E-state index contributed by atoms with van der Waals surface area (Å²) in [6, 6.07) is 13.2. The molecule has 31 heavy (non-hydrogen) atoms. The molecule has 0 spiro atoms. The van der Waals surface area contributed by atoms with Crippen LogP contribution in [0.25, 0.3) is 16.7 Å². The quantitative estimate of drug-likeness (QED) is 0.377. The van der Waals surface area contributed by atoms with Crippen molar-refractivity contribution in [3.8, 4) is 11.7 Å². The summed E-state index contributed by atoms with van der Waals surface area (Å²) >= 11 is 0. The molecule has 0 unspecified atom stereocenters. The number of hydrogen-bond donors (Lipinski definition) is 2. The van der Waals surface area contributed by atoms with Crippen LogP contribution in [0.4, 0.5) is 0 Å². The van der Waals surface area contributed by atoms with Crippen molar-refractivity contribution in [2.24, 2.45) is 5.10 Å². The van der Waals surface area contributed by atoms with E-state index in [2.05, 4.69) is 30.8 Å². The summed E-state index contributed by atoms with van der Waals surface area (Å²) in [6.45, 7) is 3.26. The summed E-state index contributed by atoms with van der Waals surface area (Å²) in [7, 11) is 1.57. The maximum atomic E-state index is 12.8. The minimum Gasteiger partial charge on any atom is -0.496 e. The van der Waals surface area contributed by atoms with Gasteiger partial charge in [0, 0.05) is 5.56 Å². The predicted octanol–water partition coefficient (Wildman–Crippen LogP) is 1.89. The standard InChI is InChI=1S/C21H19N7O3/c1-12-10-17(28(27-12)21-23-19(29)13(2)24-26-21)20(30)25-22-11-16-15-7-5-4-6-14(15)8-9-18(16)31-3/h4-11H,1-3H3,(H,25,30)(H,23,26,29)/b22-11-. The molecule has 1 amide bonds. The molecule has 0 fully saturated rings. The zero-order valence-electron chi connectivity index (χ0n) is 17.1. The Morgan fingerprint density at radius 2 is 2.00 bits per heavy atom. The highest BCUT2D eigenvalue weighted by molar-refractivity contribution is 6.03. The maximum Gasteiger partial charge on any atom is 0.290 e. The summed E-state index contributed by atoms with van der Waals surface area (Å²) in [6.07, 6.45) is 1.53. The van der Waals surface area contributed by atoms with E-state index in [0.29, 0.717) is 11.4 Å². The number of aryl methyl sites for hydroxylation is 2.